The fraction of sp³-hybridized carbons (Fsp3) is 0.353. The van der Waals surface area contributed by atoms with Gasteiger partial charge in [0.15, 0.2) is 5.54 Å². The lowest BCUT2D eigenvalue weighted by Gasteiger charge is -2.19. The van der Waals surface area contributed by atoms with Crippen molar-refractivity contribution in [3.05, 3.63) is 42.5 Å². The van der Waals surface area contributed by atoms with E-state index in [-0.39, 0.29) is 24.8 Å². The van der Waals surface area contributed by atoms with Crippen molar-refractivity contribution < 1.29 is 23.8 Å². The van der Waals surface area contributed by atoms with Gasteiger partial charge in [-0.25, -0.2) is 9.18 Å². The maximum Gasteiger partial charge on any atom is 0.331 e. The Kier molecular flexibility index (Phi) is 5.74. The smallest absolute Gasteiger partial charge is 0.331 e. The number of carbonyl (C=O) groups excluding carboxylic acids is 1. The van der Waals surface area contributed by atoms with Gasteiger partial charge in [-0.05, 0) is 32.4 Å². The number of carboxylic acid groups (broad SMARTS) is 1. The molecule has 0 saturated carbocycles. The van der Waals surface area contributed by atoms with Crippen molar-refractivity contribution >= 4 is 17.6 Å². The van der Waals surface area contributed by atoms with Crippen molar-refractivity contribution in [1.82, 2.24) is 9.78 Å². The van der Waals surface area contributed by atoms with Gasteiger partial charge in [-0.15, -0.1) is 0 Å². The average molecular weight is 349 g/mol. The minimum absolute atomic E-state index is 0.211. The largest absolute Gasteiger partial charge is 0.493 e. The highest BCUT2D eigenvalue weighted by molar-refractivity contribution is 5.90. The highest BCUT2D eigenvalue weighted by atomic mass is 19.1. The van der Waals surface area contributed by atoms with Crippen molar-refractivity contribution in [3.63, 3.8) is 0 Å². The molecule has 0 fully saturated rings. The van der Waals surface area contributed by atoms with E-state index in [1.807, 2.05) is 0 Å². The van der Waals surface area contributed by atoms with Crippen LogP contribution < -0.4 is 10.1 Å². The van der Waals surface area contributed by atoms with Crippen LogP contribution in [0.1, 0.15) is 26.7 Å². The lowest BCUT2D eigenvalue weighted by atomic mass is 10.1. The molecule has 0 saturated heterocycles. The van der Waals surface area contributed by atoms with Gasteiger partial charge >= 0.3 is 5.97 Å². The molecule has 1 aromatic carbocycles. The Labute approximate surface area is 144 Å². The van der Waals surface area contributed by atoms with E-state index in [4.69, 9.17) is 9.84 Å². The lowest BCUT2D eigenvalue weighted by molar-refractivity contribution is -0.146. The zero-order valence-corrected chi connectivity index (χ0v) is 14.0. The maximum atomic E-state index is 13.0. The Morgan fingerprint density at radius 3 is 2.84 bits per heavy atom. The van der Waals surface area contributed by atoms with Crippen molar-refractivity contribution in [3.8, 4) is 5.75 Å². The monoisotopic (exact) mass is 349 g/mol. The first-order chi connectivity index (χ1) is 11.8. The van der Waals surface area contributed by atoms with E-state index in [1.54, 1.807) is 12.1 Å². The molecule has 1 heterocycles. The van der Waals surface area contributed by atoms with Crippen LogP contribution in [0.4, 0.5) is 10.1 Å². The molecule has 0 radical (unpaired) electrons. The summed E-state index contributed by atoms with van der Waals surface area (Å²) in [5.74, 6) is -1.23. The molecule has 0 unspecified atom stereocenters. The maximum absolute atomic E-state index is 13.0. The van der Waals surface area contributed by atoms with Crippen LogP contribution in [0.15, 0.2) is 36.7 Å². The van der Waals surface area contributed by atoms with E-state index in [9.17, 15) is 14.0 Å². The van der Waals surface area contributed by atoms with E-state index in [0.717, 1.165) is 0 Å². The zero-order chi connectivity index (χ0) is 18.4. The molecule has 0 aliphatic carbocycles. The normalized spacial score (nSPS) is 11.2. The van der Waals surface area contributed by atoms with Crippen molar-refractivity contribution in [1.29, 1.82) is 0 Å². The number of carbonyl (C=O) groups is 2. The Bertz CT molecular complexity index is 758. The SMILES string of the molecule is CC(C)(C(=O)O)n1cc(NC(=O)CCCOc2cccc(F)c2)cn1. The molecule has 0 atom stereocenters. The number of aliphatic carboxylic acids is 1. The second kappa shape index (κ2) is 7.78. The van der Waals surface area contributed by atoms with Crippen molar-refractivity contribution in [2.45, 2.75) is 32.2 Å². The number of nitrogens with zero attached hydrogens (tertiary/aromatic N) is 2. The molecule has 2 N–H and O–H groups in total. The predicted octanol–water partition coefficient (Wildman–Crippen LogP) is 2.64. The Morgan fingerprint density at radius 1 is 1.40 bits per heavy atom. The van der Waals surface area contributed by atoms with Crippen LogP contribution in [0, 0.1) is 5.82 Å². The predicted molar refractivity (Wildman–Crippen MR) is 88.9 cm³/mol. The Morgan fingerprint density at radius 2 is 2.16 bits per heavy atom. The molecule has 8 heteroatoms. The number of nitrogens with one attached hydrogen (secondary N) is 1. The molecule has 0 bridgehead atoms. The number of benzene rings is 1. The van der Waals surface area contributed by atoms with Crippen LogP contribution in [0.3, 0.4) is 0 Å². The highest BCUT2D eigenvalue weighted by Crippen LogP contribution is 2.17. The van der Waals surface area contributed by atoms with E-state index >= 15 is 0 Å². The van der Waals surface area contributed by atoms with Gasteiger partial charge in [0.25, 0.3) is 0 Å². The third-order valence-corrected chi connectivity index (χ3v) is 3.58. The summed E-state index contributed by atoms with van der Waals surface area (Å²) in [5.41, 5.74) is -0.785. The molecular formula is C17H20FN3O4. The molecule has 2 aromatic rings. The van der Waals surface area contributed by atoms with Crippen LogP contribution in [0.2, 0.25) is 0 Å². The fourth-order valence-electron chi connectivity index (χ4n) is 1.99. The van der Waals surface area contributed by atoms with Gasteiger partial charge in [0.2, 0.25) is 5.91 Å². The van der Waals surface area contributed by atoms with Crippen LogP contribution >= 0.6 is 0 Å². The summed E-state index contributed by atoms with van der Waals surface area (Å²) in [6.07, 6.45) is 3.53. The van der Waals surface area contributed by atoms with Gasteiger partial charge in [0.1, 0.15) is 11.6 Å². The van der Waals surface area contributed by atoms with E-state index in [2.05, 4.69) is 10.4 Å². The van der Waals surface area contributed by atoms with Gasteiger partial charge in [0.05, 0.1) is 18.5 Å². The third kappa shape index (κ3) is 5.03. The standard InChI is InChI=1S/C17H20FN3O4/c1-17(2,16(23)24)21-11-13(10-19-21)20-15(22)7-4-8-25-14-6-3-5-12(18)9-14/h3,5-6,9-11H,4,7-8H2,1-2H3,(H,20,22)(H,23,24). The van der Waals surface area contributed by atoms with Crippen molar-refractivity contribution in [2.75, 3.05) is 11.9 Å². The van der Waals surface area contributed by atoms with Gasteiger partial charge < -0.3 is 15.2 Å². The highest BCUT2D eigenvalue weighted by Gasteiger charge is 2.30. The molecule has 0 spiro atoms. The number of ether oxygens (including phenoxy) is 1. The number of anilines is 1. The minimum Gasteiger partial charge on any atom is -0.493 e. The first kappa shape index (κ1) is 18.4. The first-order valence-electron chi connectivity index (χ1n) is 7.76. The number of aromatic nitrogens is 2. The van der Waals surface area contributed by atoms with Crippen LogP contribution in [-0.2, 0) is 15.1 Å². The zero-order valence-electron chi connectivity index (χ0n) is 14.0. The molecule has 1 amide bonds. The molecule has 25 heavy (non-hydrogen) atoms. The molecule has 0 aliphatic rings. The second-order valence-electron chi connectivity index (χ2n) is 6.00. The van der Waals surface area contributed by atoms with E-state index in [1.165, 1.54) is 43.1 Å². The van der Waals surface area contributed by atoms with Crippen LogP contribution in [0.5, 0.6) is 5.75 Å². The van der Waals surface area contributed by atoms with Gasteiger partial charge in [0, 0.05) is 18.7 Å². The van der Waals surface area contributed by atoms with Gasteiger partial charge in [-0.1, -0.05) is 6.07 Å². The number of hydrogen-bond donors (Lipinski definition) is 2. The summed E-state index contributed by atoms with van der Waals surface area (Å²) < 4.78 is 19.6. The quantitative estimate of drug-likeness (QED) is 0.715. The summed E-state index contributed by atoms with van der Waals surface area (Å²) in [6.45, 7) is 3.30. The summed E-state index contributed by atoms with van der Waals surface area (Å²) >= 11 is 0. The van der Waals surface area contributed by atoms with Crippen LogP contribution in [-0.4, -0.2) is 33.4 Å². The summed E-state index contributed by atoms with van der Waals surface area (Å²) in [7, 11) is 0. The first-order valence-corrected chi connectivity index (χ1v) is 7.76. The Balaban J connectivity index is 1.77. The van der Waals surface area contributed by atoms with Crippen LogP contribution in [0.25, 0.3) is 0 Å². The molecular weight excluding hydrogens is 329 g/mol. The number of rotatable bonds is 8. The van der Waals surface area contributed by atoms with E-state index < -0.39 is 11.5 Å². The molecule has 134 valence electrons. The third-order valence-electron chi connectivity index (χ3n) is 3.58. The topological polar surface area (TPSA) is 93.5 Å². The van der Waals surface area contributed by atoms with E-state index in [0.29, 0.717) is 17.9 Å². The fourth-order valence-corrected chi connectivity index (χ4v) is 1.99. The second-order valence-corrected chi connectivity index (χ2v) is 6.00. The number of halogens is 1. The van der Waals surface area contributed by atoms with Crippen molar-refractivity contribution in [2.24, 2.45) is 0 Å². The Hall–Kier alpha value is -2.90. The summed E-state index contributed by atoms with van der Waals surface area (Å²) in [4.78, 5) is 23.1. The molecule has 1 aromatic heterocycles. The lowest BCUT2D eigenvalue weighted by Crippen LogP contribution is -2.35. The number of hydrogen-bond acceptors (Lipinski definition) is 4. The minimum atomic E-state index is -1.21. The van der Waals surface area contributed by atoms with Gasteiger partial charge in [-0.3, -0.25) is 9.48 Å². The summed E-state index contributed by atoms with van der Waals surface area (Å²) in [6, 6.07) is 5.79. The molecule has 0 aliphatic heterocycles. The average Bonchev–Trinajstić information content (AvgIpc) is 3.00. The molecule has 7 nitrogen and oxygen atoms in total. The molecule has 2 rings (SSSR count). The summed E-state index contributed by atoms with van der Waals surface area (Å²) in [5, 5.41) is 15.8. The van der Waals surface area contributed by atoms with Gasteiger partial charge in [-0.2, -0.15) is 5.10 Å². The number of amides is 1. The number of carboxylic acids is 1.